The van der Waals surface area contributed by atoms with Gasteiger partial charge in [-0.15, -0.1) is 0 Å². The summed E-state index contributed by atoms with van der Waals surface area (Å²) in [6, 6.07) is 0.364. The second-order valence-electron chi connectivity index (χ2n) is 11.8. The third kappa shape index (κ3) is 4.17. The largest absolute Gasteiger partial charge is 0.314 e. The summed E-state index contributed by atoms with van der Waals surface area (Å²) in [5.74, 6) is 1.60. The number of allylic oxidation sites excluding steroid dienone is 3. The van der Waals surface area contributed by atoms with E-state index in [9.17, 15) is 0 Å². The van der Waals surface area contributed by atoms with E-state index in [1.807, 2.05) is 0 Å². The lowest BCUT2D eigenvalue weighted by molar-refractivity contribution is -0.900. The van der Waals surface area contributed by atoms with Gasteiger partial charge < -0.3 is 10.6 Å². The fourth-order valence-electron chi connectivity index (χ4n) is 7.22. The van der Waals surface area contributed by atoms with Gasteiger partial charge in [0.05, 0.1) is 19.9 Å². The Bertz CT molecular complexity index is 717. The predicted octanol–water partition coefficient (Wildman–Crippen LogP) is 2.43. The normalized spacial score (nSPS) is 46.4. The van der Waals surface area contributed by atoms with Gasteiger partial charge >= 0.3 is 0 Å². The minimum atomic E-state index is 0.0531. The van der Waals surface area contributed by atoms with Crippen LogP contribution in [0.2, 0.25) is 0 Å². The Morgan fingerprint density at radius 2 is 2.03 bits per heavy atom. The van der Waals surface area contributed by atoms with Crippen molar-refractivity contribution in [3.63, 3.8) is 0 Å². The molecule has 176 valence electrons. The second kappa shape index (κ2) is 8.90. The van der Waals surface area contributed by atoms with Gasteiger partial charge in [-0.1, -0.05) is 51.0 Å². The number of hydrogen-bond acceptors (Lipinski definition) is 4. The molecule has 2 saturated heterocycles. The number of quaternary nitrogens is 1. The van der Waals surface area contributed by atoms with Gasteiger partial charge in [0.15, 0.2) is 6.17 Å². The van der Waals surface area contributed by atoms with Crippen LogP contribution in [0.1, 0.15) is 73.1 Å². The molecule has 31 heavy (non-hydrogen) atoms. The fourth-order valence-corrected chi connectivity index (χ4v) is 7.22. The van der Waals surface area contributed by atoms with E-state index < -0.39 is 0 Å². The molecule has 0 radical (unpaired) electrons. The molecule has 0 aromatic carbocycles. The molecule has 4 rings (SSSR count). The molecule has 8 atom stereocenters. The van der Waals surface area contributed by atoms with Crippen LogP contribution >= 0.6 is 0 Å². The third-order valence-electron chi connectivity index (χ3n) is 9.94. The Balaban J connectivity index is 1.41. The summed E-state index contributed by atoms with van der Waals surface area (Å²) in [6.45, 7) is 15.4. The molecule has 0 aromatic rings. The topological polar surface area (TPSA) is 57.8 Å². The Hall–Kier alpha value is -0.720. The first-order valence-corrected chi connectivity index (χ1v) is 12.8. The first-order valence-electron chi connectivity index (χ1n) is 12.8. The van der Waals surface area contributed by atoms with Crippen molar-refractivity contribution in [2.75, 3.05) is 26.9 Å². The van der Waals surface area contributed by atoms with Crippen LogP contribution in [0.3, 0.4) is 0 Å². The minimum absolute atomic E-state index is 0.0531. The summed E-state index contributed by atoms with van der Waals surface area (Å²) < 4.78 is 0. The molecule has 3 fully saturated rings. The lowest BCUT2D eigenvalue weighted by atomic mass is 9.49. The third-order valence-corrected chi connectivity index (χ3v) is 9.94. The highest BCUT2D eigenvalue weighted by atomic mass is 15.5. The van der Waals surface area contributed by atoms with Crippen molar-refractivity contribution >= 4 is 0 Å². The standard InChI is InChI=1S/C26H47N5/c1-18(12-15-31-17-30(6)24-22(31)23(27)28-16-29-24)10-13-25(4)20(3)11-14-26(5)19(2)8-7-9-21(25)26/h9,12,19-20,22-24,28-29H,7-8,10-11,13-17,27H2,1-6H3/p+1. The van der Waals surface area contributed by atoms with Crippen LogP contribution in [0, 0.1) is 22.7 Å². The van der Waals surface area contributed by atoms with Crippen LogP contribution in [-0.2, 0) is 0 Å². The molecule has 2 aliphatic heterocycles. The number of nitrogens with one attached hydrogen (secondary N) is 3. The molecule has 0 spiro atoms. The molecular formula is C26H48N5+. The molecule has 0 bridgehead atoms. The van der Waals surface area contributed by atoms with Gasteiger partial charge in [-0.25, -0.2) is 4.90 Å². The summed E-state index contributed by atoms with van der Waals surface area (Å²) >= 11 is 0. The number of fused-ring (bicyclic) bond motifs is 2. The highest BCUT2D eigenvalue weighted by Crippen LogP contribution is 2.61. The predicted molar refractivity (Wildman–Crippen MR) is 129 cm³/mol. The number of hydrogen-bond donors (Lipinski definition) is 4. The molecule has 4 aliphatic rings. The summed E-state index contributed by atoms with van der Waals surface area (Å²) in [6.07, 6.45) is 13.5. The Morgan fingerprint density at radius 3 is 2.81 bits per heavy atom. The average Bonchev–Trinajstić information content (AvgIpc) is 3.07. The lowest BCUT2D eigenvalue weighted by Gasteiger charge is -2.56. The van der Waals surface area contributed by atoms with Crippen molar-refractivity contribution in [2.24, 2.45) is 28.4 Å². The van der Waals surface area contributed by atoms with Crippen molar-refractivity contribution in [1.29, 1.82) is 0 Å². The Labute approximate surface area is 190 Å². The smallest absolute Gasteiger partial charge is 0.162 e. The van der Waals surface area contributed by atoms with E-state index in [1.165, 1.54) is 49.0 Å². The lowest BCUT2D eigenvalue weighted by Crippen LogP contribution is -3.14. The first kappa shape index (κ1) is 23.4. The molecule has 2 heterocycles. The number of likely N-dealkylation sites (N-methyl/N-ethyl adjacent to an activating group) is 1. The van der Waals surface area contributed by atoms with Crippen molar-refractivity contribution in [2.45, 2.75) is 91.5 Å². The maximum atomic E-state index is 6.42. The van der Waals surface area contributed by atoms with Crippen LogP contribution in [0.25, 0.3) is 0 Å². The summed E-state index contributed by atoms with van der Waals surface area (Å²) in [5.41, 5.74) is 10.5. The maximum Gasteiger partial charge on any atom is 0.162 e. The molecule has 8 unspecified atom stereocenters. The number of rotatable bonds is 5. The van der Waals surface area contributed by atoms with Crippen molar-refractivity contribution in [1.82, 2.24) is 15.5 Å². The molecule has 5 nitrogen and oxygen atoms in total. The number of nitrogens with zero attached hydrogens (tertiary/aromatic N) is 1. The van der Waals surface area contributed by atoms with Gasteiger partial charge in [0, 0.05) is 6.54 Å². The van der Waals surface area contributed by atoms with E-state index in [0.717, 1.165) is 31.7 Å². The van der Waals surface area contributed by atoms with E-state index >= 15 is 0 Å². The zero-order valence-electron chi connectivity index (χ0n) is 20.9. The Morgan fingerprint density at radius 1 is 1.26 bits per heavy atom. The molecule has 5 N–H and O–H groups in total. The van der Waals surface area contributed by atoms with Gasteiger partial charge in [0.2, 0.25) is 0 Å². The van der Waals surface area contributed by atoms with Gasteiger partial charge in [-0.3, -0.25) is 10.6 Å². The second-order valence-corrected chi connectivity index (χ2v) is 11.8. The molecule has 1 saturated carbocycles. The van der Waals surface area contributed by atoms with Crippen LogP contribution in [-0.4, -0.2) is 50.2 Å². The van der Waals surface area contributed by atoms with Gasteiger partial charge in [-0.05, 0) is 68.1 Å². The van der Waals surface area contributed by atoms with Crippen LogP contribution in [0.4, 0.5) is 0 Å². The van der Waals surface area contributed by atoms with E-state index in [0.29, 0.717) is 23.0 Å². The number of nitrogens with two attached hydrogens (primary N) is 1. The van der Waals surface area contributed by atoms with Gasteiger partial charge in [0.1, 0.15) is 12.7 Å². The highest BCUT2D eigenvalue weighted by molar-refractivity contribution is 5.29. The van der Waals surface area contributed by atoms with Crippen LogP contribution in [0.5, 0.6) is 0 Å². The summed E-state index contributed by atoms with van der Waals surface area (Å²) in [4.78, 5) is 4.08. The Kier molecular flexibility index (Phi) is 6.73. The summed E-state index contributed by atoms with van der Waals surface area (Å²) in [7, 11) is 2.28. The van der Waals surface area contributed by atoms with Crippen molar-refractivity contribution in [3.05, 3.63) is 23.3 Å². The first-order chi connectivity index (χ1) is 14.7. The molecular weight excluding hydrogens is 382 g/mol. The highest BCUT2D eigenvalue weighted by Gasteiger charge is 2.50. The molecule has 2 aliphatic carbocycles. The monoisotopic (exact) mass is 430 g/mol. The van der Waals surface area contributed by atoms with Crippen molar-refractivity contribution < 1.29 is 4.90 Å². The molecule has 0 amide bonds. The van der Waals surface area contributed by atoms with Gasteiger partial charge in [-0.2, -0.15) is 0 Å². The van der Waals surface area contributed by atoms with Gasteiger partial charge in [0.25, 0.3) is 0 Å². The van der Waals surface area contributed by atoms with E-state index in [2.05, 4.69) is 69.4 Å². The molecule has 0 aromatic heterocycles. The molecule has 5 heteroatoms. The quantitative estimate of drug-likeness (QED) is 0.506. The van der Waals surface area contributed by atoms with Crippen LogP contribution < -0.4 is 21.3 Å². The van der Waals surface area contributed by atoms with Crippen LogP contribution in [0.15, 0.2) is 23.3 Å². The SMILES string of the molecule is CC(=CCN1C[NH+](C)C2NCNC(N)C21)CCC1(C)C2=CCCC(C)C2(C)CCC1C. The maximum absolute atomic E-state index is 6.42. The average molecular weight is 431 g/mol. The van der Waals surface area contributed by atoms with E-state index in [4.69, 9.17) is 5.73 Å². The fraction of sp³-hybridized carbons (Fsp3) is 0.846. The van der Waals surface area contributed by atoms with Crippen molar-refractivity contribution in [3.8, 4) is 0 Å². The van der Waals surface area contributed by atoms with E-state index in [-0.39, 0.29) is 6.17 Å². The minimum Gasteiger partial charge on any atom is -0.314 e. The van der Waals surface area contributed by atoms with E-state index in [1.54, 1.807) is 5.57 Å². The zero-order valence-corrected chi connectivity index (χ0v) is 20.9. The zero-order chi connectivity index (χ0) is 22.4. The summed E-state index contributed by atoms with van der Waals surface area (Å²) in [5, 5.41) is 6.98.